The zero-order valence-corrected chi connectivity index (χ0v) is 17.1. The molecule has 162 valence electrons. The lowest BCUT2D eigenvalue weighted by atomic mass is 10.1. The number of nitriles is 1. The van der Waals surface area contributed by atoms with Gasteiger partial charge in [0.1, 0.15) is 12.3 Å². The standard InChI is InChI=1S/C25H25N5O2/c1-18-17-30(14-15-32-18)22-8-2-19(3-9-22)16-24-27-12-10-23(29-24)20-4-6-21(7-5-20)25(31)28-13-11-26/h2-10,12,18H,13-17H2,1H3,(H,28,31)/i13D2,14D2,15D2,17D2,18D. The number of ether oxygens (including phenoxy) is 1. The molecule has 7 heteroatoms. The van der Waals surface area contributed by atoms with E-state index in [-0.39, 0.29) is 17.7 Å². The molecule has 1 fully saturated rings. The van der Waals surface area contributed by atoms with Gasteiger partial charge < -0.3 is 15.0 Å². The van der Waals surface area contributed by atoms with Crippen molar-refractivity contribution in [1.82, 2.24) is 15.3 Å². The SMILES string of the molecule is [2H]C([2H])(C#N)NC(=O)c1ccc(-c2ccnc(Cc3ccc(N4C([2H])([2H])C([2H])([2H])OC([2H])(C)C4([2H])[2H])cc3)n2)cc1. The summed E-state index contributed by atoms with van der Waals surface area (Å²) in [4.78, 5) is 21.6. The summed E-state index contributed by atoms with van der Waals surface area (Å²) < 4.78 is 77.1. The molecule has 0 aliphatic carbocycles. The van der Waals surface area contributed by atoms with Crippen LogP contribution in [0.25, 0.3) is 11.3 Å². The van der Waals surface area contributed by atoms with Crippen molar-refractivity contribution in [3.05, 3.63) is 77.7 Å². The first-order chi connectivity index (χ1) is 18.9. The molecule has 0 radical (unpaired) electrons. The molecule has 1 aliphatic rings. The van der Waals surface area contributed by atoms with E-state index in [9.17, 15) is 4.79 Å². The predicted octanol–water partition coefficient (Wildman–Crippen LogP) is 3.21. The highest BCUT2D eigenvalue weighted by Crippen LogP contribution is 2.21. The van der Waals surface area contributed by atoms with E-state index in [4.69, 9.17) is 22.3 Å². The second-order valence-corrected chi connectivity index (χ2v) is 6.79. The van der Waals surface area contributed by atoms with Gasteiger partial charge in [0, 0.05) is 42.4 Å². The molecule has 0 bridgehead atoms. The van der Waals surface area contributed by atoms with Crippen LogP contribution in [0.4, 0.5) is 5.69 Å². The van der Waals surface area contributed by atoms with Crippen LogP contribution in [0.3, 0.4) is 0 Å². The number of aromatic nitrogens is 2. The van der Waals surface area contributed by atoms with Crippen molar-refractivity contribution in [2.75, 3.05) is 30.9 Å². The second-order valence-electron chi connectivity index (χ2n) is 6.79. The van der Waals surface area contributed by atoms with Crippen LogP contribution in [-0.4, -0.2) is 48.0 Å². The Morgan fingerprint density at radius 2 is 2.09 bits per heavy atom. The first kappa shape index (κ1) is 12.9. The van der Waals surface area contributed by atoms with Gasteiger partial charge in [0.25, 0.3) is 5.91 Å². The van der Waals surface area contributed by atoms with Crippen molar-refractivity contribution in [3.8, 4) is 17.3 Å². The second kappa shape index (κ2) is 10.0. The third kappa shape index (κ3) is 5.29. The predicted molar refractivity (Wildman–Crippen MR) is 122 cm³/mol. The van der Waals surface area contributed by atoms with Gasteiger partial charge in [-0.25, -0.2) is 9.97 Å². The van der Waals surface area contributed by atoms with Gasteiger partial charge in [-0.05, 0) is 42.8 Å². The van der Waals surface area contributed by atoms with Gasteiger partial charge in [0.2, 0.25) is 0 Å². The van der Waals surface area contributed by atoms with Gasteiger partial charge in [0.15, 0.2) is 0 Å². The maximum Gasteiger partial charge on any atom is 0.252 e. The Bertz CT molecular complexity index is 1460. The minimum atomic E-state index is -2.96. The molecule has 32 heavy (non-hydrogen) atoms. The van der Waals surface area contributed by atoms with Crippen LogP contribution in [0, 0.1) is 11.3 Å². The summed E-state index contributed by atoms with van der Waals surface area (Å²) >= 11 is 0. The number of nitrogens with one attached hydrogen (secondary N) is 1. The highest BCUT2D eigenvalue weighted by Gasteiger charge is 2.16. The highest BCUT2D eigenvalue weighted by molar-refractivity contribution is 5.94. The molecule has 3 aromatic rings. The minimum Gasteiger partial charge on any atom is -0.375 e. The van der Waals surface area contributed by atoms with Gasteiger partial charge in [-0.1, -0.05) is 24.3 Å². The molecule has 0 spiro atoms. The Labute approximate surface area is 200 Å². The maximum atomic E-state index is 12.2. The number of nitrogens with zero attached hydrogens (tertiary/aromatic N) is 4. The number of morpholine rings is 1. The van der Waals surface area contributed by atoms with Gasteiger partial charge >= 0.3 is 0 Å². The van der Waals surface area contributed by atoms with Crippen LogP contribution in [0.1, 0.15) is 41.0 Å². The third-order valence-corrected chi connectivity index (χ3v) is 4.57. The van der Waals surface area contributed by atoms with Crippen LogP contribution < -0.4 is 10.2 Å². The largest absolute Gasteiger partial charge is 0.375 e. The van der Waals surface area contributed by atoms with Gasteiger partial charge in [-0.15, -0.1) is 0 Å². The van der Waals surface area contributed by atoms with E-state index in [2.05, 4.69) is 9.97 Å². The van der Waals surface area contributed by atoms with E-state index in [1.807, 2.05) is 5.32 Å². The normalized spacial score (nSPS) is 27.4. The smallest absolute Gasteiger partial charge is 0.252 e. The molecule has 4 rings (SSSR count). The van der Waals surface area contributed by atoms with Crippen LogP contribution >= 0.6 is 0 Å². The number of hydrogen-bond donors (Lipinski definition) is 1. The van der Waals surface area contributed by atoms with Crippen LogP contribution in [-0.2, 0) is 11.2 Å². The van der Waals surface area contributed by atoms with Crippen molar-refractivity contribution in [2.45, 2.75) is 19.4 Å². The fourth-order valence-corrected chi connectivity index (χ4v) is 3.02. The summed E-state index contributed by atoms with van der Waals surface area (Å²) in [5, 5.41) is 10.7. The highest BCUT2D eigenvalue weighted by atomic mass is 16.5. The van der Waals surface area contributed by atoms with Crippen molar-refractivity contribution < 1.29 is 21.9 Å². The van der Waals surface area contributed by atoms with E-state index < -0.39 is 38.0 Å². The molecule has 2 aromatic carbocycles. The molecule has 7 nitrogen and oxygen atoms in total. The van der Waals surface area contributed by atoms with E-state index in [1.54, 1.807) is 36.5 Å². The summed E-state index contributed by atoms with van der Waals surface area (Å²) in [5.74, 6) is -0.303. The number of carbonyl (C=O) groups is 1. The molecule has 1 N–H and O–H groups in total. The van der Waals surface area contributed by atoms with Crippen LogP contribution in [0.15, 0.2) is 60.8 Å². The Morgan fingerprint density at radius 3 is 2.84 bits per heavy atom. The maximum absolute atomic E-state index is 12.2. The fraction of sp³-hybridized carbons (Fsp3) is 0.280. The molecule has 1 aliphatic heterocycles. The van der Waals surface area contributed by atoms with Crippen LogP contribution in [0.2, 0.25) is 0 Å². The quantitative estimate of drug-likeness (QED) is 0.597. The average molecular weight is 437 g/mol. The Balaban J connectivity index is 1.53. The lowest BCUT2D eigenvalue weighted by Gasteiger charge is -2.33. The molecule has 1 aromatic heterocycles. The minimum absolute atomic E-state index is 0.0241. The number of hydrogen-bond acceptors (Lipinski definition) is 6. The van der Waals surface area contributed by atoms with E-state index >= 15 is 0 Å². The van der Waals surface area contributed by atoms with Crippen molar-refractivity contribution >= 4 is 11.6 Å². The molecular formula is C25H25N5O2. The number of rotatable bonds is 6. The average Bonchev–Trinajstić information content (AvgIpc) is 2.88. The summed E-state index contributed by atoms with van der Waals surface area (Å²) in [7, 11) is 0. The number of benzene rings is 2. The number of carbonyl (C=O) groups excluding carboxylic acids is 1. The number of amides is 1. The monoisotopic (exact) mass is 436 g/mol. The van der Waals surface area contributed by atoms with E-state index in [0.29, 0.717) is 27.5 Å². The Hall–Kier alpha value is -3.76. The summed E-state index contributed by atoms with van der Waals surface area (Å²) in [6.07, 6.45) is -0.582. The fourth-order valence-electron chi connectivity index (χ4n) is 3.02. The summed E-state index contributed by atoms with van der Waals surface area (Å²) in [6.45, 7) is -10.0. The zero-order valence-electron chi connectivity index (χ0n) is 26.1. The van der Waals surface area contributed by atoms with Crippen LogP contribution in [0.5, 0.6) is 0 Å². The Morgan fingerprint density at radius 1 is 1.31 bits per heavy atom. The molecular weight excluding hydrogens is 402 g/mol. The third-order valence-electron chi connectivity index (χ3n) is 4.57. The first-order valence-corrected chi connectivity index (χ1v) is 9.66. The lowest BCUT2D eigenvalue weighted by molar-refractivity contribution is 0.0532. The molecule has 1 atom stereocenters. The molecule has 1 unspecified atom stereocenters. The summed E-state index contributed by atoms with van der Waals surface area (Å²) in [5.41, 5.74) is 2.10. The molecule has 2 heterocycles. The zero-order chi connectivity index (χ0) is 30.4. The Kier molecular flexibility index (Phi) is 4.06. The van der Waals surface area contributed by atoms with Crippen molar-refractivity contribution in [1.29, 1.82) is 5.26 Å². The molecule has 1 amide bonds. The number of anilines is 1. The summed E-state index contributed by atoms with van der Waals surface area (Å²) in [6, 6.07) is 15.3. The van der Waals surface area contributed by atoms with E-state index in [1.165, 1.54) is 30.3 Å². The molecule has 0 saturated carbocycles. The van der Waals surface area contributed by atoms with E-state index in [0.717, 1.165) is 6.92 Å². The van der Waals surface area contributed by atoms with Crippen molar-refractivity contribution in [3.63, 3.8) is 0 Å². The van der Waals surface area contributed by atoms with Gasteiger partial charge in [-0.3, -0.25) is 4.79 Å². The topological polar surface area (TPSA) is 91.1 Å². The first-order valence-electron chi connectivity index (χ1n) is 14.2. The lowest BCUT2D eigenvalue weighted by Crippen LogP contribution is -2.41. The van der Waals surface area contributed by atoms with Crippen molar-refractivity contribution in [2.24, 2.45) is 0 Å². The van der Waals surface area contributed by atoms with Gasteiger partial charge in [-0.2, -0.15) is 5.26 Å². The molecule has 1 saturated heterocycles. The van der Waals surface area contributed by atoms with Gasteiger partial charge in [0.05, 0.1) is 36.7 Å².